The number of carbonyl (C=O) groups excluding carboxylic acids is 2. The molecule has 1 aromatic heterocycles. The first kappa shape index (κ1) is 19.0. The largest absolute Gasteiger partial charge is 0.297 e. The van der Waals surface area contributed by atoms with E-state index in [0.29, 0.717) is 23.0 Å². The number of thiazole rings is 1. The van der Waals surface area contributed by atoms with Gasteiger partial charge in [0, 0.05) is 23.8 Å². The van der Waals surface area contributed by atoms with Gasteiger partial charge in [-0.2, -0.15) is 5.10 Å². The molecule has 0 radical (unpaired) electrons. The van der Waals surface area contributed by atoms with Gasteiger partial charge >= 0.3 is 0 Å². The van der Waals surface area contributed by atoms with Crippen molar-refractivity contribution in [1.82, 2.24) is 4.98 Å². The van der Waals surface area contributed by atoms with Crippen molar-refractivity contribution in [3.8, 4) is 11.3 Å². The Kier molecular flexibility index (Phi) is 5.22. The second-order valence-electron chi connectivity index (χ2n) is 6.90. The Labute approximate surface area is 172 Å². The van der Waals surface area contributed by atoms with E-state index >= 15 is 0 Å². The number of aromatic nitrogens is 1. The molecule has 29 heavy (non-hydrogen) atoms. The van der Waals surface area contributed by atoms with Crippen molar-refractivity contribution < 1.29 is 9.59 Å². The maximum atomic E-state index is 12.7. The summed E-state index contributed by atoms with van der Waals surface area (Å²) in [6.45, 7) is 4.08. The van der Waals surface area contributed by atoms with E-state index in [2.05, 4.69) is 33.6 Å². The van der Waals surface area contributed by atoms with Crippen LogP contribution in [-0.2, 0) is 9.59 Å². The number of para-hydroxylation sites is 1. The minimum Gasteiger partial charge on any atom is -0.297 e. The van der Waals surface area contributed by atoms with Gasteiger partial charge in [0.15, 0.2) is 5.13 Å². The van der Waals surface area contributed by atoms with Crippen molar-refractivity contribution >= 4 is 39.7 Å². The van der Waals surface area contributed by atoms with Crippen LogP contribution in [0.3, 0.4) is 0 Å². The van der Waals surface area contributed by atoms with Crippen LogP contribution in [0.5, 0.6) is 0 Å². The number of amides is 2. The van der Waals surface area contributed by atoms with Gasteiger partial charge < -0.3 is 0 Å². The lowest BCUT2D eigenvalue weighted by Gasteiger charge is -2.22. The van der Waals surface area contributed by atoms with Gasteiger partial charge in [-0.15, -0.1) is 11.3 Å². The first-order chi connectivity index (χ1) is 14.0. The van der Waals surface area contributed by atoms with Crippen LogP contribution in [0.25, 0.3) is 11.3 Å². The Hall–Kier alpha value is -3.32. The van der Waals surface area contributed by atoms with Crippen LogP contribution in [0.1, 0.15) is 24.0 Å². The third-order valence-corrected chi connectivity index (χ3v) is 5.45. The van der Waals surface area contributed by atoms with E-state index < -0.39 is 0 Å². The predicted octanol–water partition coefficient (Wildman–Crippen LogP) is 4.55. The Morgan fingerprint density at radius 3 is 2.69 bits per heavy atom. The molecule has 3 aromatic rings. The molecule has 6 nitrogen and oxygen atoms in total. The van der Waals surface area contributed by atoms with Crippen LogP contribution in [0.2, 0.25) is 0 Å². The van der Waals surface area contributed by atoms with Crippen LogP contribution in [0.15, 0.2) is 59.0 Å². The number of hydrogen-bond donors (Lipinski definition) is 1. The molecule has 2 heterocycles. The lowest BCUT2D eigenvalue weighted by Crippen LogP contribution is -2.36. The molecule has 0 fully saturated rings. The van der Waals surface area contributed by atoms with Crippen molar-refractivity contribution in [1.29, 1.82) is 0 Å². The second kappa shape index (κ2) is 7.97. The quantitative estimate of drug-likeness (QED) is 0.693. The molecule has 1 aliphatic heterocycles. The smallest absolute Gasteiger partial charge is 0.273 e. The van der Waals surface area contributed by atoms with Gasteiger partial charge in [-0.25, -0.2) is 9.99 Å². The highest BCUT2D eigenvalue weighted by Gasteiger charge is 2.26. The van der Waals surface area contributed by atoms with Gasteiger partial charge in [0.2, 0.25) is 5.91 Å². The number of carbonyl (C=O) groups is 2. The van der Waals surface area contributed by atoms with Gasteiger partial charge in [0.25, 0.3) is 5.91 Å². The van der Waals surface area contributed by atoms with Gasteiger partial charge in [0.1, 0.15) is 5.71 Å². The van der Waals surface area contributed by atoms with Gasteiger partial charge in [0.05, 0.1) is 11.4 Å². The maximum Gasteiger partial charge on any atom is 0.273 e. The Morgan fingerprint density at radius 2 is 1.90 bits per heavy atom. The van der Waals surface area contributed by atoms with Crippen LogP contribution in [0, 0.1) is 13.8 Å². The number of nitrogens with one attached hydrogen (secondary N) is 1. The third kappa shape index (κ3) is 4.09. The van der Waals surface area contributed by atoms with Crippen molar-refractivity contribution in [3.63, 3.8) is 0 Å². The first-order valence-electron chi connectivity index (χ1n) is 9.31. The van der Waals surface area contributed by atoms with E-state index in [1.165, 1.54) is 16.3 Å². The molecule has 146 valence electrons. The molecule has 7 heteroatoms. The maximum absolute atomic E-state index is 12.7. The molecule has 1 N–H and O–H groups in total. The fraction of sp³-hybridized carbons (Fsp3) is 0.182. The molecule has 0 aliphatic carbocycles. The summed E-state index contributed by atoms with van der Waals surface area (Å²) in [6, 6.07) is 15.3. The molecule has 4 rings (SSSR count). The summed E-state index contributed by atoms with van der Waals surface area (Å²) in [5.74, 6) is -0.459. The van der Waals surface area contributed by atoms with E-state index in [0.717, 1.165) is 22.4 Å². The summed E-state index contributed by atoms with van der Waals surface area (Å²) in [5.41, 5.74) is 5.14. The van der Waals surface area contributed by atoms with Crippen LogP contribution < -0.4 is 10.3 Å². The molecular formula is C22H20N4O2S. The fourth-order valence-corrected chi connectivity index (χ4v) is 3.83. The molecule has 0 bridgehead atoms. The molecule has 1 aliphatic rings. The molecule has 0 atom stereocenters. The van der Waals surface area contributed by atoms with Gasteiger partial charge in [-0.1, -0.05) is 35.9 Å². The number of aryl methyl sites for hydroxylation is 2. The van der Waals surface area contributed by atoms with Crippen molar-refractivity contribution in [3.05, 3.63) is 65.0 Å². The summed E-state index contributed by atoms with van der Waals surface area (Å²) in [6.07, 6.45) is 0.552. The van der Waals surface area contributed by atoms with Crippen LogP contribution >= 0.6 is 11.3 Å². The van der Waals surface area contributed by atoms with E-state index in [-0.39, 0.29) is 18.2 Å². The number of hydrogen-bond acceptors (Lipinski definition) is 5. The summed E-state index contributed by atoms with van der Waals surface area (Å²) in [7, 11) is 0. The van der Waals surface area contributed by atoms with E-state index in [9.17, 15) is 9.59 Å². The van der Waals surface area contributed by atoms with Crippen molar-refractivity contribution in [2.45, 2.75) is 26.7 Å². The molecule has 0 saturated heterocycles. The molecule has 0 unspecified atom stereocenters. The highest BCUT2D eigenvalue weighted by atomic mass is 32.1. The molecule has 0 spiro atoms. The zero-order valence-electron chi connectivity index (χ0n) is 16.2. The zero-order chi connectivity index (χ0) is 20.4. The number of benzene rings is 2. The molecular weight excluding hydrogens is 384 g/mol. The fourth-order valence-electron chi connectivity index (χ4n) is 3.12. The van der Waals surface area contributed by atoms with Gasteiger partial charge in [-0.3, -0.25) is 14.9 Å². The summed E-state index contributed by atoms with van der Waals surface area (Å²) in [5, 5.41) is 10.8. The zero-order valence-corrected chi connectivity index (χ0v) is 17.0. The number of hydrazone groups is 1. The summed E-state index contributed by atoms with van der Waals surface area (Å²) < 4.78 is 0. The average molecular weight is 404 g/mol. The number of nitrogens with zero attached hydrogens (tertiary/aromatic N) is 3. The Morgan fingerprint density at radius 1 is 1.10 bits per heavy atom. The second-order valence-corrected chi connectivity index (χ2v) is 7.76. The van der Waals surface area contributed by atoms with E-state index in [1.54, 1.807) is 12.1 Å². The van der Waals surface area contributed by atoms with E-state index in [1.807, 2.05) is 37.4 Å². The SMILES string of the molecule is Cc1ccc(C)c(-c2csc(NC(=O)C3=NN(c4ccccc4)C(=O)CC3)n2)c1. The minimum atomic E-state index is -0.333. The Bertz CT molecular complexity index is 1110. The summed E-state index contributed by atoms with van der Waals surface area (Å²) >= 11 is 1.37. The summed E-state index contributed by atoms with van der Waals surface area (Å²) in [4.78, 5) is 29.5. The van der Waals surface area contributed by atoms with Crippen LogP contribution in [-0.4, -0.2) is 22.5 Å². The normalized spacial score (nSPS) is 13.9. The standard InChI is InChI=1S/C22H20N4O2S/c1-14-8-9-15(2)17(12-14)19-13-29-22(23-19)24-21(28)18-10-11-20(27)26(25-18)16-6-4-3-5-7-16/h3-9,12-13H,10-11H2,1-2H3,(H,23,24,28). The topological polar surface area (TPSA) is 74.7 Å². The highest BCUT2D eigenvalue weighted by Crippen LogP contribution is 2.28. The molecule has 2 amide bonds. The average Bonchev–Trinajstić information content (AvgIpc) is 3.19. The number of rotatable bonds is 4. The van der Waals surface area contributed by atoms with Crippen LogP contribution in [0.4, 0.5) is 10.8 Å². The highest BCUT2D eigenvalue weighted by molar-refractivity contribution is 7.14. The predicted molar refractivity (Wildman–Crippen MR) is 116 cm³/mol. The van der Waals surface area contributed by atoms with Crippen molar-refractivity contribution in [2.24, 2.45) is 5.10 Å². The van der Waals surface area contributed by atoms with E-state index in [4.69, 9.17) is 0 Å². The first-order valence-corrected chi connectivity index (χ1v) is 10.2. The third-order valence-electron chi connectivity index (χ3n) is 4.69. The lowest BCUT2D eigenvalue weighted by atomic mass is 10.0. The molecule has 2 aromatic carbocycles. The van der Waals surface area contributed by atoms with Gasteiger partial charge in [-0.05, 0) is 37.6 Å². The Balaban J connectivity index is 1.53. The minimum absolute atomic E-state index is 0.126. The molecule has 0 saturated carbocycles. The lowest BCUT2D eigenvalue weighted by molar-refractivity contribution is -0.118. The monoisotopic (exact) mass is 404 g/mol. The van der Waals surface area contributed by atoms with Crippen molar-refractivity contribution in [2.75, 3.05) is 10.3 Å². The number of anilines is 2.